The zero-order chi connectivity index (χ0) is 19.1. The monoisotopic (exact) mass is 360 g/mol. The van der Waals surface area contributed by atoms with Gasteiger partial charge in [-0.2, -0.15) is 0 Å². The summed E-state index contributed by atoms with van der Waals surface area (Å²) in [6.07, 6.45) is 6.18. The second-order valence-corrected chi connectivity index (χ2v) is 6.58. The number of carbonyl (C=O) groups excluding carboxylic acids is 1. The molecule has 0 bridgehead atoms. The summed E-state index contributed by atoms with van der Waals surface area (Å²) in [4.78, 5) is 24.9. The van der Waals surface area contributed by atoms with E-state index >= 15 is 0 Å². The van der Waals surface area contributed by atoms with Gasteiger partial charge in [0.15, 0.2) is 0 Å². The Balaban J connectivity index is 1.58. The molecule has 27 heavy (non-hydrogen) atoms. The summed E-state index contributed by atoms with van der Waals surface area (Å²) in [6.45, 7) is 1.42. The SMILES string of the molecule is CN(Cc1ccccc1)C(=O)c1ccc(N(C)CCc2ccncc2)nc1. The summed E-state index contributed by atoms with van der Waals surface area (Å²) in [6, 6.07) is 17.7. The number of hydrogen-bond acceptors (Lipinski definition) is 4. The Bertz CT molecular complexity index is 851. The number of hydrogen-bond donors (Lipinski definition) is 0. The molecular weight excluding hydrogens is 336 g/mol. The van der Waals surface area contributed by atoms with Gasteiger partial charge in [0.25, 0.3) is 5.91 Å². The van der Waals surface area contributed by atoms with Crippen molar-refractivity contribution in [2.75, 3.05) is 25.5 Å². The Morgan fingerprint density at radius 2 is 1.67 bits per heavy atom. The van der Waals surface area contributed by atoms with Crippen molar-refractivity contribution in [1.29, 1.82) is 0 Å². The minimum Gasteiger partial charge on any atom is -0.359 e. The predicted molar refractivity (Wildman–Crippen MR) is 108 cm³/mol. The summed E-state index contributed by atoms with van der Waals surface area (Å²) in [5.74, 6) is 0.823. The van der Waals surface area contributed by atoms with E-state index in [4.69, 9.17) is 0 Å². The molecule has 0 saturated heterocycles. The molecule has 5 heteroatoms. The summed E-state index contributed by atoms with van der Waals surface area (Å²) in [5, 5.41) is 0. The number of carbonyl (C=O) groups is 1. The van der Waals surface area contributed by atoms with Crippen molar-refractivity contribution >= 4 is 11.7 Å². The predicted octanol–water partition coefficient (Wildman–Crippen LogP) is 3.43. The third-order valence-electron chi connectivity index (χ3n) is 4.48. The Hall–Kier alpha value is -3.21. The molecule has 0 radical (unpaired) electrons. The van der Waals surface area contributed by atoms with Crippen LogP contribution in [0.3, 0.4) is 0 Å². The molecule has 1 aromatic carbocycles. The lowest BCUT2D eigenvalue weighted by Gasteiger charge is -2.20. The molecule has 0 spiro atoms. The van der Waals surface area contributed by atoms with E-state index < -0.39 is 0 Å². The topological polar surface area (TPSA) is 49.3 Å². The fraction of sp³-hybridized carbons (Fsp3) is 0.227. The first-order valence-corrected chi connectivity index (χ1v) is 8.99. The molecule has 0 atom stereocenters. The number of aromatic nitrogens is 2. The number of nitrogens with zero attached hydrogens (tertiary/aromatic N) is 4. The van der Waals surface area contributed by atoms with Crippen LogP contribution in [0.4, 0.5) is 5.82 Å². The molecule has 0 aliphatic rings. The van der Waals surface area contributed by atoms with E-state index in [0.717, 1.165) is 24.3 Å². The normalized spacial score (nSPS) is 10.4. The summed E-state index contributed by atoms with van der Waals surface area (Å²) in [5.41, 5.74) is 2.94. The van der Waals surface area contributed by atoms with Crippen molar-refractivity contribution in [2.24, 2.45) is 0 Å². The zero-order valence-electron chi connectivity index (χ0n) is 15.7. The van der Waals surface area contributed by atoms with Gasteiger partial charge in [-0.1, -0.05) is 30.3 Å². The van der Waals surface area contributed by atoms with Crippen LogP contribution in [0.15, 0.2) is 73.2 Å². The average Bonchev–Trinajstić information content (AvgIpc) is 2.73. The smallest absolute Gasteiger partial charge is 0.255 e. The number of benzene rings is 1. The fourth-order valence-corrected chi connectivity index (χ4v) is 2.85. The van der Waals surface area contributed by atoms with Crippen LogP contribution in [0, 0.1) is 0 Å². The largest absolute Gasteiger partial charge is 0.359 e. The van der Waals surface area contributed by atoms with Crippen molar-refractivity contribution in [1.82, 2.24) is 14.9 Å². The number of likely N-dealkylation sites (N-methyl/N-ethyl adjacent to an activating group) is 1. The van der Waals surface area contributed by atoms with Gasteiger partial charge in [-0.3, -0.25) is 9.78 Å². The molecule has 2 heterocycles. The van der Waals surface area contributed by atoms with Crippen LogP contribution in [0.1, 0.15) is 21.5 Å². The van der Waals surface area contributed by atoms with Crippen molar-refractivity contribution in [3.05, 3.63) is 89.9 Å². The van der Waals surface area contributed by atoms with Crippen molar-refractivity contribution in [3.63, 3.8) is 0 Å². The Morgan fingerprint density at radius 1 is 0.926 bits per heavy atom. The highest BCUT2D eigenvalue weighted by Gasteiger charge is 2.13. The van der Waals surface area contributed by atoms with Crippen LogP contribution in [-0.4, -0.2) is 41.4 Å². The molecule has 0 fully saturated rings. The van der Waals surface area contributed by atoms with Gasteiger partial charge in [0, 0.05) is 45.8 Å². The Labute approximate surface area is 160 Å². The molecule has 1 amide bonds. The molecular formula is C22H24N4O. The lowest BCUT2D eigenvalue weighted by atomic mass is 10.2. The van der Waals surface area contributed by atoms with Crippen LogP contribution >= 0.6 is 0 Å². The number of anilines is 1. The van der Waals surface area contributed by atoms with Gasteiger partial charge in [-0.05, 0) is 41.8 Å². The maximum absolute atomic E-state index is 12.6. The number of pyridine rings is 2. The van der Waals surface area contributed by atoms with Crippen molar-refractivity contribution in [3.8, 4) is 0 Å². The van der Waals surface area contributed by atoms with E-state index in [1.54, 1.807) is 23.5 Å². The molecule has 0 aliphatic heterocycles. The second-order valence-electron chi connectivity index (χ2n) is 6.58. The van der Waals surface area contributed by atoms with Gasteiger partial charge in [0.2, 0.25) is 0 Å². The minimum atomic E-state index is -0.0302. The lowest BCUT2D eigenvalue weighted by molar-refractivity contribution is 0.0784. The van der Waals surface area contributed by atoms with Crippen molar-refractivity contribution in [2.45, 2.75) is 13.0 Å². The third kappa shape index (κ3) is 5.14. The lowest BCUT2D eigenvalue weighted by Crippen LogP contribution is -2.26. The highest BCUT2D eigenvalue weighted by Crippen LogP contribution is 2.13. The fourth-order valence-electron chi connectivity index (χ4n) is 2.85. The number of rotatable bonds is 7. The van der Waals surface area contributed by atoms with Crippen LogP contribution in [0.2, 0.25) is 0 Å². The molecule has 138 valence electrons. The molecule has 5 nitrogen and oxygen atoms in total. The first kappa shape index (κ1) is 18.6. The molecule has 0 saturated carbocycles. The maximum atomic E-state index is 12.6. The Morgan fingerprint density at radius 3 is 2.33 bits per heavy atom. The highest BCUT2D eigenvalue weighted by atomic mass is 16.2. The van der Waals surface area contributed by atoms with Crippen LogP contribution < -0.4 is 4.90 Å². The van der Waals surface area contributed by atoms with Gasteiger partial charge in [0.1, 0.15) is 5.82 Å². The number of amides is 1. The van der Waals surface area contributed by atoms with E-state index in [2.05, 4.69) is 14.9 Å². The first-order chi connectivity index (χ1) is 13.1. The molecule has 0 aliphatic carbocycles. The Kier molecular flexibility index (Phi) is 6.15. The minimum absolute atomic E-state index is 0.0302. The van der Waals surface area contributed by atoms with Gasteiger partial charge >= 0.3 is 0 Å². The van der Waals surface area contributed by atoms with Gasteiger partial charge in [-0.25, -0.2) is 4.98 Å². The van der Waals surface area contributed by atoms with Gasteiger partial charge < -0.3 is 9.80 Å². The average molecular weight is 360 g/mol. The highest BCUT2D eigenvalue weighted by molar-refractivity contribution is 5.93. The molecule has 3 rings (SSSR count). The molecule has 2 aromatic heterocycles. The van der Waals surface area contributed by atoms with Crippen LogP contribution in [0.5, 0.6) is 0 Å². The summed E-state index contributed by atoms with van der Waals surface area (Å²) in [7, 11) is 3.82. The van der Waals surface area contributed by atoms with Gasteiger partial charge in [0.05, 0.1) is 5.56 Å². The van der Waals surface area contributed by atoms with E-state index in [1.807, 2.05) is 68.7 Å². The van der Waals surface area contributed by atoms with E-state index in [9.17, 15) is 4.79 Å². The van der Waals surface area contributed by atoms with Gasteiger partial charge in [-0.15, -0.1) is 0 Å². The van der Waals surface area contributed by atoms with E-state index in [1.165, 1.54) is 5.56 Å². The second kappa shape index (κ2) is 8.94. The molecule has 0 unspecified atom stereocenters. The quantitative estimate of drug-likeness (QED) is 0.648. The molecule has 0 N–H and O–H groups in total. The third-order valence-corrected chi connectivity index (χ3v) is 4.48. The van der Waals surface area contributed by atoms with E-state index in [-0.39, 0.29) is 5.91 Å². The van der Waals surface area contributed by atoms with Crippen LogP contribution in [0.25, 0.3) is 0 Å². The molecule has 3 aromatic rings. The zero-order valence-corrected chi connectivity index (χ0v) is 15.7. The standard InChI is InChI=1S/C22H24N4O/c1-25(15-12-18-10-13-23-14-11-18)21-9-8-20(16-24-21)22(27)26(2)17-19-6-4-3-5-7-19/h3-11,13-14,16H,12,15,17H2,1-2H3. The van der Waals surface area contributed by atoms with Crippen molar-refractivity contribution < 1.29 is 4.79 Å². The summed E-state index contributed by atoms with van der Waals surface area (Å²) >= 11 is 0. The van der Waals surface area contributed by atoms with Crippen LogP contribution in [-0.2, 0) is 13.0 Å². The summed E-state index contributed by atoms with van der Waals surface area (Å²) < 4.78 is 0. The van der Waals surface area contributed by atoms with E-state index in [0.29, 0.717) is 12.1 Å². The maximum Gasteiger partial charge on any atom is 0.255 e. The first-order valence-electron chi connectivity index (χ1n) is 8.99.